The molecule has 0 saturated carbocycles. The van der Waals surface area contributed by atoms with Crippen molar-refractivity contribution in [2.75, 3.05) is 0 Å². The number of benzene rings is 4. The van der Waals surface area contributed by atoms with Crippen LogP contribution in [0.3, 0.4) is 0 Å². The maximum absolute atomic E-state index is 5.77. The van der Waals surface area contributed by atoms with Crippen LogP contribution in [0.25, 0.3) is 10.9 Å². The number of hydrogen-bond acceptors (Lipinski definition) is 2. The van der Waals surface area contributed by atoms with Crippen molar-refractivity contribution in [3.63, 3.8) is 0 Å². The van der Waals surface area contributed by atoms with E-state index in [4.69, 9.17) is 12.2 Å². The van der Waals surface area contributed by atoms with Crippen LogP contribution in [0.4, 0.5) is 0 Å². The van der Waals surface area contributed by atoms with E-state index in [1.807, 2.05) is 24.3 Å². The highest BCUT2D eigenvalue weighted by Crippen LogP contribution is 2.30. The molecular weight excluding hydrogens is 460 g/mol. The molecule has 5 heteroatoms. The van der Waals surface area contributed by atoms with E-state index in [-0.39, 0.29) is 12.1 Å². The average Bonchev–Trinajstić information content (AvgIpc) is 3.36. The summed E-state index contributed by atoms with van der Waals surface area (Å²) in [6, 6.07) is 39.7. The molecule has 0 aliphatic carbocycles. The van der Waals surface area contributed by atoms with Crippen LogP contribution < -0.4 is 16.0 Å². The van der Waals surface area contributed by atoms with Crippen molar-refractivity contribution in [2.45, 2.75) is 25.2 Å². The number of para-hydroxylation sites is 1. The molecule has 36 heavy (non-hydrogen) atoms. The van der Waals surface area contributed by atoms with Gasteiger partial charge in [0.25, 0.3) is 0 Å². The molecule has 0 radical (unpaired) electrons. The molecule has 4 nitrogen and oxygen atoms in total. The number of aromatic amines is 1. The van der Waals surface area contributed by atoms with Crippen molar-refractivity contribution in [3.8, 4) is 0 Å². The van der Waals surface area contributed by atoms with E-state index in [1.165, 1.54) is 27.6 Å². The van der Waals surface area contributed by atoms with Crippen LogP contribution in [-0.4, -0.2) is 10.1 Å². The summed E-state index contributed by atoms with van der Waals surface area (Å²) in [5.74, 6) is 0. The molecule has 2 atom stereocenters. The Bertz CT molecular complexity index is 1380. The normalized spacial score (nSPS) is 12.7. The number of rotatable bonds is 9. The molecule has 5 aromatic rings. The first-order chi connectivity index (χ1) is 17.8. The molecule has 0 aliphatic rings. The quantitative estimate of drug-likeness (QED) is 0.181. The number of fused-ring (bicyclic) bond motifs is 1. The smallest absolute Gasteiger partial charge is 0.167 e. The first kappa shape index (κ1) is 23.8. The third-order valence-electron chi connectivity index (χ3n) is 6.42. The molecule has 1 heterocycles. The molecule has 0 bridgehead atoms. The highest BCUT2D eigenvalue weighted by atomic mass is 32.1. The Morgan fingerprint density at radius 3 is 1.94 bits per heavy atom. The lowest BCUT2D eigenvalue weighted by Gasteiger charge is -2.31. The topological polar surface area (TPSA) is 51.9 Å². The van der Waals surface area contributed by atoms with Gasteiger partial charge < -0.3 is 20.9 Å². The Kier molecular flexibility index (Phi) is 7.71. The van der Waals surface area contributed by atoms with E-state index >= 15 is 0 Å². The lowest BCUT2D eigenvalue weighted by Crippen LogP contribution is -2.42. The van der Waals surface area contributed by atoms with Gasteiger partial charge in [0, 0.05) is 30.2 Å². The van der Waals surface area contributed by atoms with Crippen molar-refractivity contribution in [1.29, 1.82) is 0 Å². The van der Waals surface area contributed by atoms with Gasteiger partial charge in [-0.3, -0.25) is 0 Å². The fourth-order valence-electron chi connectivity index (χ4n) is 4.58. The fraction of sp³-hybridized carbons (Fsp3) is 0.129. The molecule has 0 aliphatic heterocycles. The van der Waals surface area contributed by atoms with Gasteiger partial charge in [-0.15, -0.1) is 0 Å². The van der Waals surface area contributed by atoms with Crippen molar-refractivity contribution in [1.82, 2.24) is 20.9 Å². The third-order valence-corrected chi connectivity index (χ3v) is 6.68. The van der Waals surface area contributed by atoms with Gasteiger partial charge >= 0.3 is 0 Å². The molecule has 1 aromatic heterocycles. The maximum atomic E-state index is 5.77. The number of nitrogens with one attached hydrogen (secondary N) is 4. The summed E-state index contributed by atoms with van der Waals surface area (Å²) >= 11 is 5.77. The van der Waals surface area contributed by atoms with Crippen LogP contribution in [0.1, 0.15) is 34.3 Å². The Morgan fingerprint density at radius 2 is 1.25 bits per heavy atom. The summed E-state index contributed by atoms with van der Waals surface area (Å²) in [6.07, 6.45) is 2.09. The first-order valence-electron chi connectivity index (χ1n) is 12.2. The van der Waals surface area contributed by atoms with E-state index in [0.717, 1.165) is 12.1 Å². The summed E-state index contributed by atoms with van der Waals surface area (Å²) in [5.41, 5.74) is 5.94. The van der Waals surface area contributed by atoms with Crippen LogP contribution in [0, 0.1) is 0 Å². The predicted molar refractivity (Wildman–Crippen MR) is 153 cm³/mol. The zero-order chi connectivity index (χ0) is 24.6. The summed E-state index contributed by atoms with van der Waals surface area (Å²) in [5, 5.41) is 12.7. The number of hydrogen-bond donors (Lipinski definition) is 4. The van der Waals surface area contributed by atoms with Crippen LogP contribution in [-0.2, 0) is 13.1 Å². The molecule has 0 saturated heterocycles. The van der Waals surface area contributed by atoms with E-state index in [1.54, 1.807) is 0 Å². The Morgan fingerprint density at radius 1 is 0.667 bits per heavy atom. The average molecular weight is 491 g/mol. The molecule has 180 valence electrons. The summed E-state index contributed by atoms with van der Waals surface area (Å²) in [4.78, 5) is 3.39. The fourth-order valence-corrected chi connectivity index (χ4v) is 4.78. The van der Waals surface area contributed by atoms with Gasteiger partial charge in [0.2, 0.25) is 0 Å². The standard InChI is InChI=1S/C31H30N4S/c36-31(34-20-23-12-4-1-5-13-23)35-30(25-16-8-3-9-17-25)29(24-14-6-2-7-15-24)33-22-26-21-32-28-19-11-10-18-27(26)28/h1-19,21,29-30,32-33H,20,22H2,(H2,34,35,36)/t29-,30-/m1/s1. The molecule has 4 aromatic carbocycles. The highest BCUT2D eigenvalue weighted by Gasteiger charge is 2.25. The van der Waals surface area contributed by atoms with Crippen molar-refractivity contribution < 1.29 is 0 Å². The minimum absolute atomic E-state index is 0.0151. The van der Waals surface area contributed by atoms with Gasteiger partial charge in [0.1, 0.15) is 0 Å². The second-order valence-corrected chi connectivity index (χ2v) is 9.24. The van der Waals surface area contributed by atoms with E-state index < -0.39 is 0 Å². The van der Waals surface area contributed by atoms with Crippen LogP contribution in [0.2, 0.25) is 0 Å². The summed E-state index contributed by atoms with van der Waals surface area (Å²) in [7, 11) is 0. The van der Waals surface area contributed by atoms with E-state index in [0.29, 0.717) is 11.7 Å². The Hall–Kier alpha value is -3.93. The van der Waals surface area contributed by atoms with Gasteiger partial charge in [0.15, 0.2) is 5.11 Å². The molecule has 0 unspecified atom stereocenters. The van der Waals surface area contributed by atoms with Crippen molar-refractivity contribution >= 4 is 28.2 Å². The van der Waals surface area contributed by atoms with Gasteiger partial charge in [-0.1, -0.05) is 109 Å². The van der Waals surface area contributed by atoms with E-state index in [2.05, 4.69) is 118 Å². The predicted octanol–water partition coefficient (Wildman–Crippen LogP) is 6.40. The van der Waals surface area contributed by atoms with Gasteiger partial charge in [0.05, 0.1) is 12.1 Å². The second-order valence-electron chi connectivity index (χ2n) is 8.83. The zero-order valence-corrected chi connectivity index (χ0v) is 20.8. The SMILES string of the molecule is S=C(NCc1ccccc1)N[C@H](c1ccccc1)[C@H](NCc1c[nH]c2ccccc12)c1ccccc1. The van der Waals surface area contributed by atoms with Crippen molar-refractivity contribution in [2.24, 2.45) is 0 Å². The van der Waals surface area contributed by atoms with Crippen LogP contribution >= 0.6 is 12.2 Å². The molecule has 0 spiro atoms. The summed E-state index contributed by atoms with van der Waals surface area (Å²) < 4.78 is 0. The third kappa shape index (κ3) is 5.82. The number of aromatic nitrogens is 1. The van der Waals surface area contributed by atoms with Crippen molar-refractivity contribution in [3.05, 3.63) is 144 Å². The monoisotopic (exact) mass is 490 g/mol. The maximum Gasteiger partial charge on any atom is 0.167 e. The molecule has 0 amide bonds. The Balaban J connectivity index is 1.41. The minimum Gasteiger partial charge on any atom is -0.361 e. The van der Waals surface area contributed by atoms with Gasteiger partial charge in [-0.2, -0.15) is 0 Å². The second kappa shape index (κ2) is 11.7. The summed E-state index contributed by atoms with van der Waals surface area (Å²) in [6.45, 7) is 1.39. The molecule has 0 fully saturated rings. The largest absolute Gasteiger partial charge is 0.361 e. The molecular formula is C31H30N4S. The number of thiocarbonyl (C=S) groups is 1. The van der Waals surface area contributed by atoms with Crippen LogP contribution in [0.5, 0.6) is 0 Å². The Labute approximate surface area is 217 Å². The highest BCUT2D eigenvalue weighted by molar-refractivity contribution is 7.80. The molecule has 4 N–H and O–H groups in total. The lowest BCUT2D eigenvalue weighted by atomic mass is 9.93. The van der Waals surface area contributed by atoms with Gasteiger partial charge in [-0.05, 0) is 40.5 Å². The lowest BCUT2D eigenvalue weighted by molar-refractivity contribution is 0.423. The zero-order valence-electron chi connectivity index (χ0n) is 20.0. The van der Waals surface area contributed by atoms with E-state index in [9.17, 15) is 0 Å². The molecule has 5 rings (SSSR count). The number of H-pyrrole nitrogens is 1. The minimum atomic E-state index is -0.0745. The first-order valence-corrected chi connectivity index (χ1v) is 12.7. The van der Waals surface area contributed by atoms with Gasteiger partial charge in [-0.25, -0.2) is 0 Å². The van der Waals surface area contributed by atoms with Crippen LogP contribution in [0.15, 0.2) is 121 Å².